The summed E-state index contributed by atoms with van der Waals surface area (Å²) in [6.45, 7) is 4.20. The highest BCUT2D eigenvalue weighted by Crippen LogP contribution is 2.38. The van der Waals surface area contributed by atoms with Crippen molar-refractivity contribution in [1.29, 1.82) is 0 Å². The van der Waals surface area contributed by atoms with Gasteiger partial charge in [0.25, 0.3) is 7.82 Å². The Bertz CT molecular complexity index is 774. The number of ether oxygens (including phenoxy) is 2. The molecule has 0 aliphatic heterocycles. The molecule has 0 saturated carbocycles. The first-order chi connectivity index (χ1) is 22.0. The number of carbonyl (C=O) groups excluding carboxylic acids is 2. The molecule has 9 nitrogen and oxygen atoms in total. The van der Waals surface area contributed by atoms with E-state index < -0.39 is 26.5 Å². The van der Waals surface area contributed by atoms with Crippen LogP contribution in [0, 0.1) is 0 Å². The smallest absolute Gasteiger partial charge is 0.306 e. The third kappa shape index (κ3) is 32.9. The first-order valence-electron chi connectivity index (χ1n) is 18.7. The van der Waals surface area contributed by atoms with Crippen LogP contribution in [-0.4, -0.2) is 70.0 Å². The molecule has 0 amide bonds. The molecule has 0 aliphatic rings. The van der Waals surface area contributed by atoms with E-state index in [1.54, 1.807) is 0 Å². The van der Waals surface area contributed by atoms with Gasteiger partial charge >= 0.3 is 11.9 Å². The van der Waals surface area contributed by atoms with Crippen molar-refractivity contribution < 1.29 is 42.1 Å². The molecule has 0 aromatic rings. The van der Waals surface area contributed by atoms with Gasteiger partial charge in [-0.1, -0.05) is 142 Å². The molecule has 1 unspecified atom stereocenters. The first kappa shape index (κ1) is 45.0. The summed E-state index contributed by atoms with van der Waals surface area (Å²) in [5.41, 5.74) is 0. The Kier molecular flexibility index (Phi) is 29.4. The lowest BCUT2D eigenvalue weighted by atomic mass is 10.0. The van der Waals surface area contributed by atoms with Crippen molar-refractivity contribution in [3.63, 3.8) is 0 Å². The molecule has 0 rings (SSSR count). The van der Waals surface area contributed by atoms with Crippen molar-refractivity contribution in [2.24, 2.45) is 0 Å². The van der Waals surface area contributed by atoms with Crippen LogP contribution in [0.1, 0.15) is 168 Å². The van der Waals surface area contributed by atoms with Crippen LogP contribution in [0.3, 0.4) is 0 Å². The van der Waals surface area contributed by atoms with E-state index >= 15 is 0 Å². The van der Waals surface area contributed by atoms with E-state index in [2.05, 4.69) is 13.8 Å². The maximum Gasteiger partial charge on any atom is 0.306 e. The van der Waals surface area contributed by atoms with E-state index in [4.69, 9.17) is 18.5 Å². The highest BCUT2D eigenvalue weighted by molar-refractivity contribution is 7.45. The minimum Gasteiger partial charge on any atom is -0.756 e. The maximum absolute atomic E-state index is 12.5. The number of unbranched alkanes of at least 4 members (excludes halogenated alkanes) is 20. The first-order valence-corrected chi connectivity index (χ1v) is 20.2. The number of phosphoric acid groups is 1. The number of hydrogen-bond acceptors (Lipinski definition) is 8. The predicted molar refractivity (Wildman–Crippen MR) is 185 cm³/mol. The third-order valence-electron chi connectivity index (χ3n) is 8.13. The molecule has 0 aromatic carbocycles. The molecule has 0 aliphatic carbocycles. The molecule has 0 radical (unpaired) electrons. The molecule has 274 valence electrons. The normalized spacial score (nSPS) is 13.8. The monoisotopic (exact) mass is 677 g/mol. The number of hydrogen-bond donors (Lipinski definition) is 0. The van der Waals surface area contributed by atoms with Crippen LogP contribution in [0.5, 0.6) is 0 Å². The van der Waals surface area contributed by atoms with Crippen LogP contribution >= 0.6 is 7.82 Å². The lowest BCUT2D eigenvalue weighted by Gasteiger charge is -2.28. The van der Waals surface area contributed by atoms with Gasteiger partial charge in [-0.2, -0.15) is 0 Å². The van der Waals surface area contributed by atoms with E-state index in [1.807, 2.05) is 21.1 Å². The van der Waals surface area contributed by atoms with E-state index in [9.17, 15) is 19.0 Å². The van der Waals surface area contributed by atoms with E-state index in [1.165, 1.54) is 103 Å². The summed E-state index contributed by atoms with van der Waals surface area (Å²) in [4.78, 5) is 37.2. The summed E-state index contributed by atoms with van der Waals surface area (Å²) in [5, 5.41) is 0. The van der Waals surface area contributed by atoms with Crippen molar-refractivity contribution >= 4 is 19.8 Å². The molecular formula is C36H72NO8P. The molecule has 46 heavy (non-hydrogen) atoms. The standard InChI is InChI=1S/C36H72NO8P/c1-6-8-10-12-14-16-18-19-21-22-24-26-28-35(38)42-32-34(33-44-46(40,41)43-31-30-37(3,4)5)45-36(39)29-27-25-23-20-17-15-13-11-9-7-2/h34H,6-33H2,1-5H3/t34-/m1/s1. The largest absolute Gasteiger partial charge is 0.756 e. The Morgan fingerprint density at radius 2 is 0.978 bits per heavy atom. The molecule has 0 spiro atoms. The molecule has 0 fully saturated rings. The van der Waals surface area contributed by atoms with Crippen molar-refractivity contribution in [2.45, 2.75) is 174 Å². The average Bonchev–Trinajstić information content (AvgIpc) is 2.99. The maximum atomic E-state index is 12.5. The second-order valence-electron chi connectivity index (χ2n) is 14.0. The number of likely N-dealkylation sites (N-methyl/N-ethyl adjacent to an activating group) is 1. The Morgan fingerprint density at radius 1 is 0.587 bits per heavy atom. The van der Waals surface area contributed by atoms with Gasteiger partial charge in [-0.25, -0.2) is 0 Å². The van der Waals surface area contributed by atoms with Gasteiger partial charge in [0.1, 0.15) is 19.8 Å². The molecule has 0 heterocycles. The fraction of sp³-hybridized carbons (Fsp3) is 0.944. The van der Waals surface area contributed by atoms with Crippen molar-refractivity contribution in [3.05, 3.63) is 0 Å². The summed E-state index contributed by atoms with van der Waals surface area (Å²) in [5.74, 6) is -0.829. The number of rotatable bonds is 34. The van der Waals surface area contributed by atoms with Gasteiger partial charge in [0, 0.05) is 12.8 Å². The second-order valence-corrected chi connectivity index (χ2v) is 15.4. The molecular weight excluding hydrogens is 605 g/mol. The fourth-order valence-corrected chi connectivity index (χ4v) is 5.85. The van der Waals surface area contributed by atoms with Crippen molar-refractivity contribution in [3.8, 4) is 0 Å². The van der Waals surface area contributed by atoms with Crippen LogP contribution in [-0.2, 0) is 32.7 Å². The Hall–Kier alpha value is -0.990. The minimum absolute atomic E-state index is 0.0263. The Morgan fingerprint density at radius 3 is 1.39 bits per heavy atom. The number of nitrogens with zero attached hydrogens (tertiary/aromatic N) is 1. The van der Waals surface area contributed by atoms with Crippen molar-refractivity contribution in [2.75, 3.05) is 47.5 Å². The van der Waals surface area contributed by atoms with Gasteiger partial charge in [0.05, 0.1) is 27.7 Å². The van der Waals surface area contributed by atoms with Crippen LogP contribution in [0.15, 0.2) is 0 Å². The number of carbonyl (C=O) groups is 2. The van der Waals surface area contributed by atoms with Crippen LogP contribution in [0.2, 0.25) is 0 Å². The molecule has 0 bridgehead atoms. The highest BCUT2D eigenvalue weighted by atomic mass is 31.2. The zero-order valence-corrected chi connectivity index (χ0v) is 31.4. The topological polar surface area (TPSA) is 111 Å². The summed E-state index contributed by atoms with van der Waals surface area (Å²) < 4.78 is 33.7. The lowest BCUT2D eigenvalue weighted by Crippen LogP contribution is -2.37. The van der Waals surface area contributed by atoms with Gasteiger partial charge < -0.3 is 27.9 Å². The zero-order chi connectivity index (χ0) is 34.4. The average molecular weight is 678 g/mol. The molecule has 0 aromatic heterocycles. The molecule has 2 atom stereocenters. The quantitative estimate of drug-likeness (QED) is 0.0287. The van der Waals surface area contributed by atoms with Gasteiger partial charge in [0.15, 0.2) is 6.10 Å². The molecule has 0 N–H and O–H groups in total. The second kappa shape index (κ2) is 30.1. The van der Waals surface area contributed by atoms with Gasteiger partial charge in [-0.15, -0.1) is 0 Å². The van der Waals surface area contributed by atoms with Gasteiger partial charge in [-0.3, -0.25) is 14.2 Å². The number of esters is 2. The summed E-state index contributed by atoms with van der Waals surface area (Å²) in [6.07, 6.45) is 25.6. The summed E-state index contributed by atoms with van der Waals surface area (Å²) in [6, 6.07) is 0. The Labute approximate surface area is 283 Å². The fourth-order valence-electron chi connectivity index (χ4n) is 5.12. The highest BCUT2D eigenvalue weighted by Gasteiger charge is 2.21. The third-order valence-corrected chi connectivity index (χ3v) is 9.09. The van der Waals surface area contributed by atoms with Crippen LogP contribution in [0.25, 0.3) is 0 Å². The van der Waals surface area contributed by atoms with E-state index in [0.29, 0.717) is 17.4 Å². The minimum atomic E-state index is -4.60. The van der Waals surface area contributed by atoms with Crippen LogP contribution in [0.4, 0.5) is 0 Å². The predicted octanol–water partition coefficient (Wildman–Crippen LogP) is 9.05. The zero-order valence-electron chi connectivity index (χ0n) is 30.5. The van der Waals surface area contributed by atoms with Crippen LogP contribution < -0.4 is 4.89 Å². The Balaban J connectivity index is 4.42. The van der Waals surface area contributed by atoms with Gasteiger partial charge in [-0.05, 0) is 12.8 Å². The van der Waals surface area contributed by atoms with Gasteiger partial charge in [0.2, 0.25) is 0 Å². The molecule has 0 saturated heterocycles. The van der Waals surface area contributed by atoms with E-state index in [-0.39, 0.29) is 32.0 Å². The van der Waals surface area contributed by atoms with E-state index in [0.717, 1.165) is 32.1 Å². The SMILES string of the molecule is CCCCCCCCCCCCCCC(=O)OC[C@H](COP(=O)([O-])OCC[N+](C)(C)C)OC(=O)CCCCCCCCCCCC. The van der Waals surface area contributed by atoms with Crippen molar-refractivity contribution in [1.82, 2.24) is 0 Å². The number of phosphoric ester groups is 1. The molecule has 10 heteroatoms. The summed E-state index contributed by atoms with van der Waals surface area (Å²) >= 11 is 0. The summed E-state index contributed by atoms with van der Waals surface area (Å²) in [7, 11) is 1.17. The number of quaternary nitrogens is 1. The lowest BCUT2D eigenvalue weighted by molar-refractivity contribution is -0.870.